The Morgan fingerprint density at radius 2 is 1.87 bits per heavy atom. The zero-order chi connectivity index (χ0) is 26.9. The third-order valence-electron chi connectivity index (χ3n) is 7.45. The number of benzene rings is 2. The van der Waals surface area contributed by atoms with Crippen LogP contribution in [-0.2, 0) is 12.7 Å². The van der Waals surface area contributed by atoms with Crippen molar-refractivity contribution in [3.8, 4) is 0 Å². The van der Waals surface area contributed by atoms with Gasteiger partial charge in [0.05, 0.1) is 17.8 Å². The number of amides is 1. The lowest BCUT2D eigenvalue weighted by molar-refractivity contribution is -0.138. The SMILES string of the molecule is CN1CCC(NC(=O)c2ccc(C3C=C4C(=NC3)NCCN4Cc3cc(Cl)ccc3C(F)(F)F)cc2)CC1. The van der Waals surface area contributed by atoms with Crippen molar-refractivity contribution >= 4 is 23.3 Å². The van der Waals surface area contributed by atoms with Gasteiger partial charge >= 0.3 is 6.18 Å². The maximum Gasteiger partial charge on any atom is 0.416 e. The van der Waals surface area contributed by atoms with Crippen molar-refractivity contribution in [2.45, 2.75) is 37.5 Å². The van der Waals surface area contributed by atoms with E-state index in [4.69, 9.17) is 16.6 Å². The highest BCUT2D eigenvalue weighted by atomic mass is 35.5. The number of rotatable bonds is 5. The van der Waals surface area contributed by atoms with Gasteiger partial charge in [0, 0.05) is 42.2 Å². The van der Waals surface area contributed by atoms with Gasteiger partial charge in [-0.05, 0) is 80.5 Å². The number of hydrogen-bond acceptors (Lipinski definition) is 5. The Morgan fingerprint density at radius 3 is 2.58 bits per heavy atom. The lowest BCUT2D eigenvalue weighted by atomic mass is 9.94. The highest BCUT2D eigenvalue weighted by Crippen LogP contribution is 2.35. The van der Waals surface area contributed by atoms with Crippen LogP contribution in [0, 0.1) is 0 Å². The number of piperidine rings is 1. The zero-order valence-corrected chi connectivity index (χ0v) is 21.9. The Labute approximate surface area is 225 Å². The van der Waals surface area contributed by atoms with Crippen molar-refractivity contribution in [3.05, 3.63) is 81.5 Å². The van der Waals surface area contributed by atoms with Gasteiger partial charge < -0.3 is 20.4 Å². The number of amidine groups is 1. The van der Waals surface area contributed by atoms with Crippen molar-refractivity contribution < 1.29 is 18.0 Å². The molecular formula is C28H31ClF3N5O. The lowest BCUT2D eigenvalue weighted by Crippen LogP contribution is -2.47. The fourth-order valence-electron chi connectivity index (χ4n) is 5.27. The van der Waals surface area contributed by atoms with Crippen LogP contribution in [0.1, 0.15) is 45.8 Å². The zero-order valence-electron chi connectivity index (χ0n) is 21.2. The van der Waals surface area contributed by atoms with Crippen LogP contribution in [0.2, 0.25) is 5.02 Å². The molecule has 6 nitrogen and oxygen atoms in total. The van der Waals surface area contributed by atoms with Crippen molar-refractivity contribution in [3.63, 3.8) is 0 Å². The molecular weight excluding hydrogens is 515 g/mol. The maximum atomic E-state index is 13.6. The average molecular weight is 546 g/mol. The van der Waals surface area contributed by atoms with Crippen molar-refractivity contribution in [1.29, 1.82) is 0 Å². The third-order valence-corrected chi connectivity index (χ3v) is 7.69. The number of hydrogen-bond donors (Lipinski definition) is 2. The van der Waals surface area contributed by atoms with Gasteiger partial charge in [-0.15, -0.1) is 0 Å². The van der Waals surface area contributed by atoms with Crippen LogP contribution in [0.25, 0.3) is 0 Å². The molecule has 3 heterocycles. The van der Waals surface area contributed by atoms with Crippen molar-refractivity contribution in [2.24, 2.45) is 4.99 Å². The van der Waals surface area contributed by atoms with Crippen molar-refractivity contribution in [1.82, 2.24) is 20.4 Å². The first-order chi connectivity index (χ1) is 18.2. The summed E-state index contributed by atoms with van der Waals surface area (Å²) in [4.78, 5) is 21.6. The number of piperazine rings is 1. The molecule has 202 valence electrons. The van der Waals surface area contributed by atoms with E-state index in [0.717, 1.165) is 43.3 Å². The third kappa shape index (κ3) is 5.99. The summed E-state index contributed by atoms with van der Waals surface area (Å²) in [7, 11) is 2.09. The van der Waals surface area contributed by atoms with Crippen LogP contribution in [0.3, 0.4) is 0 Å². The Kier molecular flexibility index (Phi) is 7.68. The number of likely N-dealkylation sites (tertiary alicyclic amines) is 1. The van der Waals surface area contributed by atoms with Crippen LogP contribution >= 0.6 is 11.6 Å². The van der Waals surface area contributed by atoms with Gasteiger partial charge in [-0.1, -0.05) is 23.7 Å². The number of halogens is 4. The minimum atomic E-state index is -4.46. The summed E-state index contributed by atoms with van der Waals surface area (Å²) in [6, 6.07) is 11.4. The first-order valence-corrected chi connectivity index (χ1v) is 13.3. The predicted molar refractivity (Wildman–Crippen MR) is 142 cm³/mol. The molecule has 0 aliphatic carbocycles. The van der Waals surface area contributed by atoms with E-state index in [0.29, 0.717) is 31.0 Å². The summed E-state index contributed by atoms with van der Waals surface area (Å²) < 4.78 is 40.9. The van der Waals surface area contributed by atoms with Crippen LogP contribution in [0.15, 0.2) is 59.2 Å². The topological polar surface area (TPSA) is 60.0 Å². The Hall–Kier alpha value is -3.04. The number of carbonyl (C=O) groups excluding carboxylic acids is 1. The molecule has 0 spiro atoms. The van der Waals surface area contributed by atoms with Crippen LogP contribution in [0.4, 0.5) is 13.2 Å². The van der Waals surface area contributed by atoms with E-state index in [1.807, 2.05) is 29.2 Å². The molecule has 0 aromatic heterocycles. The quantitative estimate of drug-likeness (QED) is 0.573. The molecule has 10 heteroatoms. The van der Waals surface area contributed by atoms with Crippen LogP contribution < -0.4 is 10.6 Å². The molecule has 1 amide bonds. The Bertz CT molecular complexity index is 1240. The second-order valence-corrected chi connectivity index (χ2v) is 10.6. The van der Waals surface area contributed by atoms with Gasteiger partial charge in [0.1, 0.15) is 5.84 Å². The highest BCUT2D eigenvalue weighted by Gasteiger charge is 2.35. The first-order valence-electron chi connectivity index (χ1n) is 12.9. The molecule has 1 unspecified atom stereocenters. The van der Waals surface area contributed by atoms with E-state index in [-0.39, 0.29) is 35.0 Å². The van der Waals surface area contributed by atoms with E-state index in [2.05, 4.69) is 28.7 Å². The molecule has 38 heavy (non-hydrogen) atoms. The number of alkyl halides is 3. The molecule has 2 aromatic rings. The standard InChI is InChI=1S/C28H31ClF3N5O/c1-36-11-8-23(9-12-36)35-27(38)19-4-2-18(3-5-19)20-15-25-26(34-16-20)33-10-13-37(25)17-21-14-22(29)6-7-24(21)28(30,31)32/h2-7,14-15,20,23H,8-13,16-17H2,1H3,(H,33,34)(H,35,38). The van der Waals surface area contributed by atoms with Crippen molar-refractivity contribution in [2.75, 3.05) is 39.8 Å². The Morgan fingerprint density at radius 1 is 1.13 bits per heavy atom. The molecule has 3 aliphatic heterocycles. The van der Waals surface area contributed by atoms with Gasteiger partial charge in [-0.2, -0.15) is 13.2 Å². The summed E-state index contributed by atoms with van der Waals surface area (Å²) in [6.45, 7) is 3.67. The van der Waals surface area contributed by atoms with Gasteiger partial charge in [0.15, 0.2) is 0 Å². The lowest BCUT2D eigenvalue weighted by Gasteiger charge is -2.37. The second kappa shape index (κ2) is 11.0. The van der Waals surface area contributed by atoms with E-state index in [1.165, 1.54) is 12.1 Å². The normalized spacial score (nSPS) is 20.8. The van der Waals surface area contributed by atoms with E-state index in [9.17, 15) is 18.0 Å². The largest absolute Gasteiger partial charge is 0.416 e. The van der Waals surface area contributed by atoms with E-state index >= 15 is 0 Å². The smallest absolute Gasteiger partial charge is 0.367 e. The molecule has 2 saturated heterocycles. The summed E-state index contributed by atoms with van der Waals surface area (Å²) in [5, 5.41) is 6.67. The highest BCUT2D eigenvalue weighted by molar-refractivity contribution is 6.30. The molecule has 0 saturated carbocycles. The minimum Gasteiger partial charge on any atom is -0.367 e. The molecule has 0 bridgehead atoms. The molecule has 2 N–H and O–H groups in total. The monoisotopic (exact) mass is 545 g/mol. The summed E-state index contributed by atoms with van der Waals surface area (Å²) in [5.74, 6) is 0.568. The van der Waals surface area contributed by atoms with Crippen LogP contribution in [-0.4, -0.2) is 67.4 Å². The van der Waals surface area contributed by atoms with E-state index in [1.54, 1.807) is 0 Å². The van der Waals surface area contributed by atoms with Gasteiger partial charge in [-0.3, -0.25) is 9.79 Å². The average Bonchev–Trinajstić information content (AvgIpc) is 2.89. The molecule has 0 radical (unpaired) electrons. The van der Waals surface area contributed by atoms with Gasteiger partial charge in [0.25, 0.3) is 5.91 Å². The maximum absolute atomic E-state index is 13.6. The number of nitrogens with zero attached hydrogens (tertiary/aromatic N) is 3. The number of dihydropyridines is 1. The van der Waals surface area contributed by atoms with Gasteiger partial charge in [0.2, 0.25) is 0 Å². The molecule has 3 aliphatic rings. The van der Waals surface area contributed by atoms with Crippen LogP contribution in [0.5, 0.6) is 0 Å². The predicted octanol–water partition coefficient (Wildman–Crippen LogP) is 4.67. The number of nitrogens with one attached hydrogen (secondary N) is 2. The molecule has 2 fully saturated rings. The fraction of sp³-hybridized carbons (Fsp3) is 0.429. The number of aliphatic imine (C=N–C) groups is 1. The number of fused-ring (bicyclic) bond motifs is 1. The molecule has 1 atom stereocenters. The first kappa shape index (κ1) is 26.6. The minimum absolute atomic E-state index is 0.0522. The summed E-state index contributed by atoms with van der Waals surface area (Å²) in [5.41, 5.74) is 1.85. The fourth-order valence-corrected chi connectivity index (χ4v) is 5.46. The summed E-state index contributed by atoms with van der Waals surface area (Å²) in [6.07, 6.45) is -0.517. The Balaban J connectivity index is 1.31. The number of carbonyl (C=O) groups is 1. The molecule has 2 aromatic carbocycles. The summed E-state index contributed by atoms with van der Waals surface area (Å²) >= 11 is 6.05. The molecule has 5 rings (SSSR count). The second-order valence-electron chi connectivity index (χ2n) is 10.2. The van der Waals surface area contributed by atoms with Gasteiger partial charge in [-0.25, -0.2) is 0 Å². The van der Waals surface area contributed by atoms with E-state index < -0.39 is 11.7 Å².